The van der Waals surface area contributed by atoms with E-state index in [1.165, 1.54) is 22.0 Å². The van der Waals surface area contributed by atoms with Crippen LogP contribution in [0.4, 0.5) is 5.69 Å². The number of nitrogens with zero attached hydrogens (tertiary/aromatic N) is 4. The molecule has 2 heterocycles. The van der Waals surface area contributed by atoms with Crippen LogP contribution in [0.25, 0.3) is 5.69 Å². The number of carbonyl (C=O) groups excluding carboxylic acids is 1. The molecule has 1 unspecified atom stereocenters. The first-order valence-corrected chi connectivity index (χ1v) is 15.7. The van der Waals surface area contributed by atoms with Gasteiger partial charge in [-0.15, -0.1) is 11.8 Å². The summed E-state index contributed by atoms with van der Waals surface area (Å²) in [6.45, 7) is 8.91. The van der Waals surface area contributed by atoms with E-state index in [-0.39, 0.29) is 22.8 Å². The molecule has 0 saturated carbocycles. The minimum atomic E-state index is -0.165. The van der Waals surface area contributed by atoms with Crippen molar-refractivity contribution in [2.75, 3.05) is 31.1 Å². The highest BCUT2D eigenvalue weighted by molar-refractivity contribution is 7.98. The van der Waals surface area contributed by atoms with Crippen LogP contribution in [0.3, 0.4) is 0 Å². The van der Waals surface area contributed by atoms with Gasteiger partial charge >= 0.3 is 0 Å². The van der Waals surface area contributed by atoms with E-state index in [4.69, 9.17) is 11.6 Å². The van der Waals surface area contributed by atoms with E-state index in [2.05, 4.69) is 42.9 Å². The summed E-state index contributed by atoms with van der Waals surface area (Å²) < 4.78 is 1.46. The lowest BCUT2D eigenvalue weighted by Gasteiger charge is -2.40. The van der Waals surface area contributed by atoms with Crippen LogP contribution in [0.1, 0.15) is 31.9 Å². The predicted octanol–water partition coefficient (Wildman–Crippen LogP) is 6.73. The van der Waals surface area contributed by atoms with Crippen LogP contribution in [-0.2, 0) is 17.0 Å². The highest BCUT2D eigenvalue weighted by atomic mass is 35.5. The van der Waals surface area contributed by atoms with E-state index in [0.717, 1.165) is 23.4 Å². The fourth-order valence-electron chi connectivity index (χ4n) is 5.28. The number of halogens is 1. The van der Waals surface area contributed by atoms with Crippen LogP contribution in [0, 0.1) is 11.3 Å². The van der Waals surface area contributed by atoms with Gasteiger partial charge in [0.25, 0.3) is 5.56 Å². The summed E-state index contributed by atoms with van der Waals surface area (Å²) in [7, 11) is 0. The van der Waals surface area contributed by atoms with E-state index in [1.807, 2.05) is 77.7 Å². The van der Waals surface area contributed by atoms with Gasteiger partial charge in [-0.3, -0.25) is 9.59 Å². The van der Waals surface area contributed by atoms with Crippen molar-refractivity contribution in [3.05, 3.63) is 118 Å². The minimum Gasteiger partial charge on any atom is -0.366 e. The molecule has 1 saturated heterocycles. The van der Waals surface area contributed by atoms with Gasteiger partial charge in [-0.2, -0.15) is 9.78 Å². The van der Waals surface area contributed by atoms with Gasteiger partial charge < -0.3 is 9.80 Å². The van der Waals surface area contributed by atoms with Gasteiger partial charge in [-0.05, 0) is 47.2 Å². The molecule has 8 heteroatoms. The van der Waals surface area contributed by atoms with Gasteiger partial charge in [-0.1, -0.05) is 93.0 Å². The molecule has 1 amide bonds. The summed E-state index contributed by atoms with van der Waals surface area (Å²) in [5.74, 6) is 0.707. The van der Waals surface area contributed by atoms with Crippen LogP contribution in [-0.4, -0.2) is 46.8 Å². The summed E-state index contributed by atoms with van der Waals surface area (Å²) in [6.07, 6.45) is 2.51. The monoisotopic (exact) mass is 600 g/mol. The summed E-state index contributed by atoms with van der Waals surface area (Å²) in [6, 6.07) is 27.4. The fraction of sp³-hybridized carbons (Fsp3) is 0.324. The highest BCUT2D eigenvalue weighted by Crippen LogP contribution is 2.33. The van der Waals surface area contributed by atoms with Crippen molar-refractivity contribution in [1.82, 2.24) is 14.7 Å². The first-order chi connectivity index (χ1) is 20.2. The van der Waals surface area contributed by atoms with Crippen LogP contribution < -0.4 is 10.5 Å². The molecule has 6 nitrogen and oxygen atoms in total. The molecule has 1 aromatic heterocycles. The zero-order valence-corrected chi connectivity index (χ0v) is 25.9. The average molecular weight is 601 g/mol. The molecule has 1 aliphatic heterocycles. The lowest BCUT2D eigenvalue weighted by molar-refractivity contribution is -0.139. The lowest BCUT2D eigenvalue weighted by atomic mass is 9.76. The Balaban J connectivity index is 1.36. The number of anilines is 1. The third-order valence-electron chi connectivity index (χ3n) is 7.77. The first kappa shape index (κ1) is 29.9. The first-order valence-electron chi connectivity index (χ1n) is 14.3. The Morgan fingerprint density at radius 2 is 1.50 bits per heavy atom. The molecule has 42 heavy (non-hydrogen) atoms. The summed E-state index contributed by atoms with van der Waals surface area (Å²) in [5.41, 5.74) is 3.49. The Morgan fingerprint density at radius 1 is 0.881 bits per heavy atom. The van der Waals surface area contributed by atoms with Crippen LogP contribution in [0.2, 0.25) is 5.02 Å². The third-order valence-corrected chi connectivity index (χ3v) is 9.17. The molecule has 0 N–H and O–H groups in total. The Morgan fingerprint density at radius 3 is 2.12 bits per heavy atom. The standard InChI is InChI=1S/C34H37ClN4O2S/c1-34(2,3)29(22-25-10-6-4-7-11-25)32(40)38-20-18-37(19-21-38)30-23-36-39(28-12-8-5-9-13-28)33(41)31(30)42-24-26-14-16-27(35)17-15-26/h4-17,23,29H,18-22,24H2,1-3H3. The number of carbonyl (C=O) groups is 1. The minimum absolute atomic E-state index is 0.117. The normalized spacial score (nSPS) is 14.6. The number of thioether (sulfide) groups is 1. The zero-order chi connectivity index (χ0) is 29.7. The Bertz CT molecular complexity index is 1540. The molecule has 4 aromatic rings. The molecule has 1 atom stereocenters. The van der Waals surface area contributed by atoms with Crippen molar-refractivity contribution in [2.24, 2.45) is 11.3 Å². The smallest absolute Gasteiger partial charge is 0.287 e. The second-order valence-corrected chi connectivity index (χ2v) is 13.2. The van der Waals surface area contributed by atoms with Crippen molar-refractivity contribution in [2.45, 2.75) is 37.8 Å². The fourth-order valence-corrected chi connectivity index (χ4v) is 6.45. The Kier molecular flexibility index (Phi) is 9.39. The van der Waals surface area contributed by atoms with Crippen molar-refractivity contribution >= 4 is 35.0 Å². The number of para-hydroxylation sites is 1. The lowest BCUT2D eigenvalue weighted by Crippen LogP contribution is -2.52. The SMILES string of the molecule is CC(C)(C)C(Cc1ccccc1)C(=O)N1CCN(c2cnn(-c3ccccc3)c(=O)c2SCc2ccc(Cl)cc2)CC1. The third kappa shape index (κ3) is 7.08. The average Bonchev–Trinajstić information content (AvgIpc) is 3.00. The Hall–Kier alpha value is -3.55. The molecule has 1 aliphatic rings. The number of aromatic nitrogens is 2. The molecule has 218 valence electrons. The predicted molar refractivity (Wildman–Crippen MR) is 173 cm³/mol. The van der Waals surface area contributed by atoms with E-state index < -0.39 is 0 Å². The number of benzene rings is 3. The molecule has 5 rings (SSSR count). The molecule has 0 spiro atoms. The van der Waals surface area contributed by atoms with Gasteiger partial charge in [0.1, 0.15) is 4.90 Å². The molecular formula is C34H37ClN4O2S. The quantitative estimate of drug-likeness (QED) is 0.210. The van der Waals surface area contributed by atoms with E-state index >= 15 is 0 Å². The number of amides is 1. The summed E-state index contributed by atoms with van der Waals surface area (Å²) in [4.78, 5) is 32.5. The van der Waals surface area contributed by atoms with Crippen molar-refractivity contribution in [3.63, 3.8) is 0 Å². The van der Waals surface area contributed by atoms with Crippen LogP contribution in [0.5, 0.6) is 0 Å². The zero-order valence-electron chi connectivity index (χ0n) is 24.4. The van der Waals surface area contributed by atoms with Crippen LogP contribution in [0.15, 0.2) is 101 Å². The van der Waals surface area contributed by atoms with Gasteiger partial charge in [0.05, 0.1) is 17.6 Å². The topological polar surface area (TPSA) is 58.4 Å². The molecule has 3 aromatic carbocycles. The number of rotatable bonds is 8. The summed E-state index contributed by atoms with van der Waals surface area (Å²) in [5, 5.41) is 5.25. The second kappa shape index (κ2) is 13.2. The number of hydrogen-bond donors (Lipinski definition) is 0. The molecule has 0 bridgehead atoms. The van der Waals surface area contributed by atoms with Crippen molar-refractivity contribution in [1.29, 1.82) is 0 Å². The van der Waals surface area contributed by atoms with Crippen LogP contribution >= 0.6 is 23.4 Å². The number of piperazine rings is 1. The van der Waals surface area contributed by atoms with E-state index in [1.54, 1.807) is 6.20 Å². The van der Waals surface area contributed by atoms with Gasteiger partial charge in [0.15, 0.2) is 0 Å². The highest BCUT2D eigenvalue weighted by Gasteiger charge is 2.36. The molecule has 1 fully saturated rings. The van der Waals surface area contributed by atoms with Gasteiger partial charge in [-0.25, -0.2) is 0 Å². The van der Waals surface area contributed by atoms with E-state index in [0.29, 0.717) is 41.8 Å². The second-order valence-electron chi connectivity index (χ2n) is 11.7. The maximum absolute atomic E-state index is 13.8. The van der Waals surface area contributed by atoms with Crippen molar-refractivity contribution in [3.8, 4) is 5.69 Å². The summed E-state index contributed by atoms with van der Waals surface area (Å²) >= 11 is 7.60. The van der Waals surface area contributed by atoms with Gasteiger partial charge in [0, 0.05) is 42.9 Å². The van der Waals surface area contributed by atoms with Crippen molar-refractivity contribution < 1.29 is 4.79 Å². The maximum Gasteiger partial charge on any atom is 0.287 e. The molecule has 0 radical (unpaired) electrons. The maximum atomic E-state index is 13.8. The number of hydrogen-bond acceptors (Lipinski definition) is 5. The van der Waals surface area contributed by atoms with E-state index in [9.17, 15) is 9.59 Å². The molecular weight excluding hydrogens is 564 g/mol. The van der Waals surface area contributed by atoms with Gasteiger partial charge in [0.2, 0.25) is 5.91 Å². The largest absolute Gasteiger partial charge is 0.366 e. The Labute approximate surface area is 257 Å². The molecule has 0 aliphatic carbocycles.